The molecule has 4 atom stereocenters. The van der Waals surface area contributed by atoms with Crippen LogP contribution in [0.15, 0.2) is 12.7 Å². The molecule has 0 radical (unpaired) electrons. The number of aliphatic hydroxyl groups is 2. The molecule has 0 aliphatic carbocycles. The van der Waals surface area contributed by atoms with Gasteiger partial charge in [0.15, 0.2) is 29.5 Å². The second kappa shape index (κ2) is 4.83. The van der Waals surface area contributed by atoms with Gasteiger partial charge in [-0.1, -0.05) is 0 Å². The summed E-state index contributed by atoms with van der Waals surface area (Å²) in [6, 6.07) is 0. The summed E-state index contributed by atoms with van der Waals surface area (Å²) in [6.45, 7) is -2.09. The molecule has 0 saturated carbocycles. The zero-order valence-corrected chi connectivity index (χ0v) is 10.7. The fraction of sp³-hybridized carbons (Fsp3) is 0.545. The van der Waals surface area contributed by atoms with Crippen molar-refractivity contribution >= 4 is 17.0 Å². The first-order valence-electron chi connectivity index (χ1n) is 6.14. The van der Waals surface area contributed by atoms with Crippen molar-refractivity contribution in [3.8, 4) is 0 Å². The van der Waals surface area contributed by atoms with Crippen molar-refractivity contribution in [3.63, 3.8) is 0 Å². The van der Waals surface area contributed by atoms with Crippen molar-refractivity contribution < 1.29 is 23.7 Å². The predicted octanol–water partition coefficient (Wildman–Crippen LogP) is -0.663. The molecule has 0 spiro atoms. The number of alkyl halides is 2. The Balaban J connectivity index is 2.06. The second-order valence-corrected chi connectivity index (χ2v) is 4.84. The van der Waals surface area contributed by atoms with Crippen LogP contribution in [-0.4, -0.2) is 60.9 Å². The summed E-state index contributed by atoms with van der Waals surface area (Å²) in [4.78, 5) is 11.6. The van der Waals surface area contributed by atoms with Crippen LogP contribution in [0.5, 0.6) is 0 Å². The molecule has 3 heterocycles. The maximum atomic E-state index is 14.3. The Bertz CT molecular complexity index is 662. The third-order valence-electron chi connectivity index (χ3n) is 3.62. The smallest absolute Gasteiger partial charge is 0.174 e. The Labute approximate surface area is 117 Å². The van der Waals surface area contributed by atoms with Crippen molar-refractivity contribution in [2.45, 2.75) is 24.1 Å². The standard InChI is InChI=1S/C11H13F2N5O3/c12-1-11(2-19)7(20)5(13)10(21-11)18-4-17-6-8(14)15-3-16-9(6)18/h3-5,7,10,19-20H,1-2H2,(H2,14,15,16). The van der Waals surface area contributed by atoms with E-state index >= 15 is 0 Å². The number of aliphatic hydroxyl groups excluding tert-OH is 2. The Morgan fingerprint density at radius 2 is 2.19 bits per heavy atom. The van der Waals surface area contributed by atoms with E-state index < -0.39 is 37.4 Å². The maximum Gasteiger partial charge on any atom is 0.174 e. The molecule has 114 valence electrons. The third kappa shape index (κ3) is 1.87. The van der Waals surface area contributed by atoms with Gasteiger partial charge >= 0.3 is 0 Å². The van der Waals surface area contributed by atoms with E-state index in [0.717, 1.165) is 0 Å². The highest BCUT2D eigenvalue weighted by atomic mass is 19.1. The summed E-state index contributed by atoms with van der Waals surface area (Å²) in [5, 5.41) is 19.0. The molecule has 1 saturated heterocycles. The van der Waals surface area contributed by atoms with Crippen LogP contribution < -0.4 is 5.73 Å². The molecule has 10 heteroatoms. The lowest BCUT2D eigenvalue weighted by Crippen LogP contribution is -2.47. The fourth-order valence-electron chi connectivity index (χ4n) is 2.37. The molecule has 21 heavy (non-hydrogen) atoms. The number of nitrogen functional groups attached to an aromatic ring is 1. The van der Waals surface area contributed by atoms with E-state index in [1.54, 1.807) is 0 Å². The normalized spacial score (nSPS) is 32.9. The van der Waals surface area contributed by atoms with Crippen LogP contribution in [0.4, 0.5) is 14.6 Å². The second-order valence-electron chi connectivity index (χ2n) is 4.84. The topological polar surface area (TPSA) is 119 Å². The number of hydrogen-bond acceptors (Lipinski definition) is 7. The van der Waals surface area contributed by atoms with Gasteiger partial charge in [0.25, 0.3) is 0 Å². The zero-order valence-electron chi connectivity index (χ0n) is 10.7. The lowest BCUT2D eigenvalue weighted by atomic mass is 9.98. The molecule has 3 rings (SSSR count). The highest BCUT2D eigenvalue weighted by Crippen LogP contribution is 2.40. The maximum absolute atomic E-state index is 14.3. The van der Waals surface area contributed by atoms with Gasteiger partial charge in [-0.2, -0.15) is 0 Å². The Morgan fingerprint density at radius 1 is 1.43 bits per heavy atom. The van der Waals surface area contributed by atoms with Crippen LogP contribution in [-0.2, 0) is 4.74 Å². The monoisotopic (exact) mass is 301 g/mol. The number of anilines is 1. The van der Waals surface area contributed by atoms with Gasteiger partial charge < -0.3 is 20.7 Å². The summed E-state index contributed by atoms with van der Waals surface area (Å²) in [5.74, 6) is 0.103. The summed E-state index contributed by atoms with van der Waals surface area (Å²) >= 11 is 0. The number of hydrogen-bond donors (Lipinski definition) is 3. The third-order valence-corrected chi connectivity index (χ3v) is 3.62. The van der Waals surface area contributed by atoms with E-state index in [-0.39, 0.29) is 17.0 Å². The average molecular weight is 301 g/mol. The van der Waals surface area contributed by atoms with Gasteiger partial charge in [-0.25, -0.2) is 23.7 Å². The number of rotatable bonds is 3. The van der Waals surface area contributed by atoms with Crippen molar-refractivity contribution in [2.24, 2.45) is 0 Å². The van der Waals surface area contributed by atoms with Crippen molar-refractivity contribution in [2.75, 3.05) is 19.0 Å². The Hall–Kier alpha value is -1.91. The molecule has 1 aliphatic rings. The largest absolute Gasteiger partial charge is 0.393 e. The molecular weight excluding hydrogens is 288 g/mol. The zero-order chi connectivity index (χ0) is 15.2. The van der Waals surface area contributed by atoms with Crippen LogP contribution in [0.3, 0.4) is 0 Å². The van der Waals surface area contributed by atoms with Gasteiger partial charge in [0.2, 0.25) is 0 Å². The Kier molecular flexibility index (Phi) is 3.23. The minimum absolute atomic E-state index is 0.103. The quantitative estimate of drug-likeness (QED) is 0.688. The van der Waals surface area contributed by atoms with Crippen molar-refractivity contribution in [1.82, 2.24) is 19.5 Å². The van der Waals surface area contributed by atoms with Gasteiger partial charge in [0.05, 0.1) is 12.9 Å². The van der Waals surface area contributed by atoms with Crippen LogP contribution >= 0.6 is 0 Å². The molecule has 4 N–H and O–H groups in total. The van der Waals surface area contributed by atoms with Crippen LogP contribution in [0, 0.1) is 0 Å². The van der Waals surface area contributed by atoms with E-state index in [1.807, 2.05) is 0 Å². The van der Waals surface area contributed by atoms with Crippen molar-refractivity contribution in [1.29, 1.82) is 0 Å². The number of nitrogens with two attached hydrogens (primary N) is 1. The summed E-state index contributed by atoms with van der Waals surface area (Å²) in [5.41, 5.74) is 4.05. The lowest BCUT2D eigenvalue weighted by molar-refractivity contribution is -0.136. The Morgan fingerprint density at radius 3 is 2.81 bits per heavy atom. The van der Waals surface area contributed by atoms with Gasteiger partial charge in [0, 0.05) is 0 Å². The van der Waals surface area contributed by atoms with Crippen LogP contribution in [0.1, 0.15) is 6.23 Å². The number of nitrogens with zero attached hydrogens (tertiary/aromatic N) is 4. The van der Waals surface area contributed by atoms with Gasteiger partial charge in [-0.3, -0.25) is 4.57 Å². The lowest BCUT2D eigenvalue weighted by Gasteiger charge is -2.25. The molecule has 8 nitrogen and oxygen atoms in total. The van der Waals surface area contributed by atoms with Crippen LogP contribution in [0.25, 0.3) is 11.2 Å². The molecule has 2 aromatic heterocycles. The number of aromatic nitrogens is 4. The number of halogens is 2. The van der Waals surface area contributed by atoms with E-state index in [1.165, 1.54) is 17.2 Å². The molecule has 0 bridgehead atoms. The summed E-state index contributed by atoms with van der Waals surface area (Å²) in [7, 11) is 0. The minimum Gasteiger partial charge on any atom is -0.393 e. The number of ether oxygens (including phenoxy) is 1. The van der Waals surface area contributed by atoms with E-state index in [9.17, 15) is 19.0 Å². The van der Waals surface area contributed by atoms with Crippen molar-refractivity contribution in [3.05, 3.63) is 12.7 Å². The van der Waals surface area contributed by atoms with Gasteiger partial charge in [0.1, 0.15) is 24.6 Å². The summed E-state index contributed by atoms with van der Waals surface area (Å²) in [6.07, 6.45) is -2.76. The van der Waals surface area contributed by atoms with E-state index in [4.69, 9.17) is 10.5 Å². The highest BCUT2D eigenvalue weighted by Gasteiger charge is 2.56. The summed E-state index contributed by atoms with van der Waals surface area (Å²) < 4.78 is 33.8. The highest BCUT2D eigenvalue weighted by molar-refractivity contribution is 5.81. The minimum atomic E-state index is -2.00. The molecule has 2 aromatic rings. The predicted molar refractivity (Wildman–Crippen MR) is 66.6 cm³/mol. The molecule has 0 amide bonds. The fourth-order valence-corrected chi connectivity index (χ4v) is 2.37. The first-order valence-corrected chi connectivity index (χ1v) is 6.14. The molecule has 4 unspecified atom stereocenters. The first kappa shape index (κ1) is 14.0. The van der Waals surface area contributed by atoms with E-state index in [2.05, 4.69) is 15.0 Å². The van der Waals surface area contributed by atoms with Crippen LogP contribution in [0.2, 0.25) is 0 Å². The molecular formula is C11H13F2N5O3. The first-order chi connectivity index (χ1) is 10.0. The van der Waals surface area contributed by atoms with Gasteiger partial charge in [-0.15, -0.1) is 0 Å². The SMILES string of the molecule is Nc1ncnc2c1ncn2C1OC(CO)(CF)C(O)C1F. The average Bonchev–Trinajstić information content (AvgIpc) is 3.02. The number of imidazole rings is 1. The van der Waals surface area contributed by atoms with Gasteiger partial charge in [-0.05, 0) is 0 Å². The number of fused-ring (bicyclic) bond motifs is 1. The molecule has 0 aromatic carbocycles. The molecule has 1 aliphatic heterocycles. The van der Waals surface area contributed by atoms with E-state index in [0.29, 0.717) is 0 Å². The molecule has 1 fully saturated rings.